The van der Waals surface area contributed by atoms with E-state index in [0.717, 1.165) is 25.0 Å². The van der Waals surface area contributed by atoms with Crippen molar-refractivity contribution in [2.75, 3.05) is 12.0 Å². The molecule has 0 amide bonds. The van der Waals surface area contributed by atoms with E-state index >= 15 is 0 Å². The predicted molar refractivity (Wildman–Crippen MR) is 73.5 cm³/mol. The van der Waals surface area contributed by atoms with Gasteiger partial charge in [0.2, 0.25) is 10.0 Å². The highest BCUT2D eigenvalue weighted by atomic mass is 32.2. The highest BCUT2D eigenvalue weighted by Gasteiger charge is 2.38. The van der Waals surface area contributed by atoms with Gasteiger partial charge in [-0.05, 0) is 18.9 Å². The quantitative estimate of drug-likeness (QED) is 0.460. The monoisotopic (exact) mass is 300 g/mol. The number of hydrogen-bond acceptors (Lipinski definition) is 6. The average Bonchev–Trinajstić information content (AvgIpc) is 3.22. The van der Waals surface area contributed by atoms with Crippen LogP contribution in [0.2, 0.25) is 0 Å². The minimum Gasteiger partial charge on any atom is -0.323 e. The summed E-state index contributed by atoms with van der Waals surface area (Å²) in [5.41, 5.74) is 2.03. The maximum atomic E-state index is 12.6. The second-order valence-electron chi connectivity index (χ2n) is 4.52. The van der Waals surface area contributed by atoms with Crippen LogP contribution in [0.25, 0.3) is 0 Å². The van der Waals surface area contributed by atoms with Crippen LogP contribution in [-0.2, 0) is 10.0 Å². The number of nitrogens with two attached hydrogens (primary N) is 1. The number of nitro groups is 1. The van der Waals surface area contributed by atoms with Crippen molar-refractivity contribution >= 4 is 21.4 Å². The molecular formula is C11H16N4O4S. The summed E-state index contributed by atoms with van der Waals surface area (Å²) in [6.07, 6.45) is 1.68. The molecule has 3 N–H and O–H groups in total. The molecule has 0 aromatic heterocycles. The minimum atomic E-state index is -3.70. The van der Waals surface area contributed by atoms with Gasteiger partial charge in [-0.15, -0.1) is 0 Å². The van der Waals surface area contributed by atoms with Crippen LogP contribution in [0.15, 0.2) is 23.1 Å². The molecule has 0 aliphatic heterocycles. The summed E-state index contributed by atoms with van der Waals surface area (Å²) in [6.45, 7) is 2.12. The van der Waals surface area contributed by atoms with Crippen molar-refractivity contribution in [1.82, 2.24) is 4.31 Å². The number of sulfonamides is 1. The third-order valence-corrected chi connectivity index (χ3v) is 5.27. The maximum absolute atomic E-state index is 12.6. The molecule has 0 bridgehead atoms. The zero-order valence-corrected chi connectivity index (χ0v) is 11.8. The normalized spacial score (nSPS) is 15.3. The van der Waals surface area contributed by atoms with E-state index in [0.29, 0.717) is 6.54 Å². The van der Waals surface area contributed by atoms with Crippen LogP contribution in [0.5, 0.6) is 0 Å². The molecule has 0 atom stereocenters. The van der Waals surface area contributed by atoms with Gasteiger partial charge < -0.3 is 5.43 Å². The van der Waals surface area contributed by atoms with Crippen molar-refractivity contribution in [2.45, 2.75) is 30.7 Å². The van der Waals surface area contributed by atoms with Crippen LogP contribution in [-0.4, -0.2) is 30.2 Å². The second kappa shape index (κ2) is 5.35. The lowest BCUT2D eigenvalue weighted by atomic mass is 10.3. The van der Waals surface area contributed by atoms with E-state index in [4.69, 9.17) is 5.84 Å². The maximum Gasteiger partial charge on any atom is 0.271 e. The average molecular weight is 300 g/mol. The van der Waals surface area contributed by atoms with Crippen molar-refractivity contribution in [2.24, 2.45) is 5.84 Å². The van der Waals surface area contributed by atoms with E-state index in [2.05, 4.69) is 5.43 Å². The summed E-state index contributed by atoms with van der Waals surface area (Å²) in [6, 6.07) is 3.52. The van der Waals surface area contributed by atoms with E-state index in [1.54, 1.807) is 6.92 Å². The van der Waals surface area contributed by atoms with Crippen molar-refractivity contribution < 1.29 is 13.3 Å². The van der Waals surface area contributed by atoms with E-state index in [1.165, 1.54) is 10.4 Å². The molecule has 8 nitrogen and oxygen atoms in total. The van der Waals surface area contributed by atoms with Gasteiger partial charge in [-0.1, -0.05) is 6.92 Å². The van der Waals surface area contributed by atoms with Gasteiger partial charge in [0, 0.05) is 24.7 Å². The van der Waals surface area contributed by atoms with Crippen LogP contribution in [0, 0.1) is 10.1 Å². The third-order valence-electron chi connectivity index (χ3n) is 3.18. The molecule has 0 radical (unpaired) electrons. The van der Waals surface area contributed by atoms with Crippen molar-refractivity contribution in [3.05, 3.63) is 28.3 Å². The molecule has 1 fully saturated rings. The van der Waals surface area contributed by atoms with Gasteiger partial charge in [0.25, 0.3) is 5.69 Å². The van der Waals surface area contributed by atoms with E-state index in [1.807, 2.05) is 0 Å². The first-order valence-electron chi connectivity index (χ1n) is 6.18. The predicted octanol–water partition coefficient (Wildman–Crippen LogP) is 1.05. The summed E-state index contributed by atoms with van der Waals surface area (Å²) in [5.74, 6) is 5.29. The molecule has 0 heterocycles. The van der Waals surface area contributed by atoms with Crippen LogP contribution in [0.1, 0.15) is 19.8 Å². The lowest BCUT2D eigenvalue weighted by Crippen LogP contribution is -2.33. The van der Waals surface area contributed by atoms with Crippen LogP contribution >= 0.6 is 0 Å². The smallest absolute Gasteiger partial charge is 0.271 e. The molecule has 1 aliphatic rings. The summed E-state index contributed by atoms with van der Waals surface area (Å²) in [4.78, 5) is 10.1. The van der Waals surface area contributed by atoms with E-state index < -0.39 is 14.9 Å². The lowest BCUT2D eigenvalue weighted by molar-refractivity contribution is -0.384. The summed E-state index contributed by atoms with van der Waals surface area (Å²) in [5, 5.41) is 10.7. The largest absolute Gasteiger partial charge is 0.323 e. The Hall–Kier alpha value is -1.71. The number of nitrogen functional groups attached to an aromatic ring is 1. The summed E-state index contributed by atoms with van der Waals surface area (Å²) >= 11 is 0. The molecule has 1 saturated carbocycles. The Morgan fingerprint density at radius 1 is 1.50 bits per heavy atom. The Balaban J connectivity index is 2.48. The Morgan fingerprint density at radius 3 is 2.60 bits per heavy atom. The molecule has 1 aromatic carbocycles. The van der Waals surface area contributed by atoms with Gasteiger partial charge in [-0.2, -0.15) is 4.31 Å². The third kappa shape index (κ3) is 2.60. The first kappa shape index (κ1) is 14.7. The number of nitrogens with zero attached hydrogens (tertiary/aromatic N) is 2. The van der Waals surface area contributed by atoms with Crippen LogP contribution < -0.4 is 11.3 Å². The highest BCUT2D eigenvalue weighted by Crippen LogP contribution is 2.35. The topological polar surface area (TPSA) is 119 Å². The van der Waals surface area contributed by atoms with Gasteiger partial charge in [-0.3, -0.25) is 16.0 Å². The van der Waals surface area contributed by atoms with Gasteiger partial charge >= 0.3 is 0 Å². The van der Waals surface area contributed by atoms with Crippen LogP contribution in [0.4, 0.5) is 11.4 Å². The molecule has 1 aromatic rings. The molecular weight excluding hydrogens is 284 g/mol. The zero-order valence-electron chi connectivity index (χ0n) is 10.9. The SMILES string of the molecule is CCN(C1CC1)S(=O)(=O)c1ccc([N+](=O)[O-])cc1NN. The fourth-order valence-corrected chi connectivity index (χ4v) is 3.91. The van der Waals surface area contributed by atoms with Gasteiger partial charge in [0.15, 0.2) is 0 Å². The van der Waals surface area contributed by atoms with E-state index in [9.17, 15) is 18.5 Å². The zero-order chi connectivity index (χ0) is 14.9. The number of benzene rings is 1. The van der Waals surface area contributed by atoms with Crippen molar-refractivity contribution in [1.29, 1.82) is 0 Å². The van der Waals surface area contributed by atoms with Gasteiger partial charge in [-0.25, -0.2) is 8.42 Å². The number of nitro benzene ring substituents is 1. The number of non-ortho nitro benzene ring substituents is 1. The first-order valence-corrected chi connectivity index (χ1v) is 7.62. The Kier molecular flexibility index (Phi) is 3.93. The molecule has 0 saturated heterocycles. The highest BCUT2D eigenvalue weighted by molar-refractivity contribution is 7.89. The number of nitrogens with one attached hydrogen (secondary N) is 1. The molecule has 2 rings (SSSR count). The second-order valence-corrected chi connectivity index (χ2v) is 6.38. The Labute approximate surface area is 116 Å². The number of hydrazine groups is 1. The van der Waals surface area contributed by atoms with Crippen LogP contribution in [0.3, 0.4) is 0 Å². The molecule has 1 aliphatic carbocycles. The molecule has 9 heteroatoms. The van der Waals surface area contributed by atoms with Crippen molar-refractivity contribution in [3.63, 3.8) is 0 Å². The molecule has 110 valence electrons. The summed E-state index contributed by atoms with van der Waals surface area (Å²) in [7, 11) is -3.70. The number of rotatable bonds is 6. The Morgan fingerprint density at radius 2 is 2.15 bits per heavy atom. The number of hydrogen-bond donors (Lipinski definition) is 2. The minimum absolute atomic E-state index is 0.0193. The molecule has 0 unspecified atom stereocenters. The number of anilines is 1. The summed E-state index contributed by atoms with van der Waals surface area (Å²) < 4.78 is 26.5. The Bertz CT molecular complexity index is 627. The van der Waals surface area contributed by atoms with E-state index in [-0.39, 0.29) is 22.3 Å². The fraction of sp³-hybridized carbons (Fsp3) is 0.455. The molecule has 0 spiro atoms. The molecule has 20 heavy (non-hydrogen) atoms. The lowest BCUT2D eigenvalue weighted by Gasteiger charge is -2.21. The standard InChI is InChI=1S/C11H16N4O4S/c1-2-14(8-3-4-8)20(18,19)11-6-5-9(15(16)17)7-10(11)13-12/h5-8,13H,2-4,12H2,1H3. The fourth-order valence-electron chi connectivity index (χ4n) is 2.08. The van der Waals surface area contributed by atoms with Gasteiger partial charge in [0.05, 0.1) is 10.6 Å². The first-order chi connectivity index (χ1) is 9.41. The van der Waals surface area contributed by atoms with Crippen molar-refractivity contribution in [3.8, 4) is 0 Å². The van der Waals surface area contributed by atoms with Gasteiger partial charge in [0.1, 0.15) is 4.90 Å².